The predicted octanol–water partition coefficient (Wildman–Crippen LogP) is 3.85. The average Bonchev–Trinajstić information content (AvgIpc) is 2.59. The monoisotopic (exact) mass is 274 g/mol. The summed E-state index contributed by atoms with van der Waals surface area (Å²) in [7, 11) is 0. The zero-order valence-corrected chi connectivity index (χ0v) is 13.6. The maximum absolute atomic E-state index is 3.62. The Hall–Kier alpha value is -1.02. The van der Waals surface area contributed by atoms with Crippen LogP contribution in [0.25, 0.3) is 0 Å². The van der Waals surface area contributed by atoms with Crippen LogP contribution in [0.3, 0.4) is 0 Å². The Labute approximate surface area is 124 Å². The van der Waals surface area contributed by atoms with Gasteiger partial charge in [0.1, 0.15) is 0 Å². The van der Waals surface area contributed by atoms with Crippen LogP contribution in [-0.2, 0) is 6.42 Å². The highest BCUT2D eigenvalue weighted by atomic mass is 15.1. The molecule has 0 aromatic heterocycles. The van der Waals surface area contributed by atoms with Crippen LogP contribution in [-0.4, -0.2) is 25.2 Å². The van der Waals surface area contributed by atoms with Gasteiger partial charge in [0, 0.05) is 24.3 Å². The molecule has 2 rings (SSSR count). The molecule has 0 bridgehead atoms. The SMILES string of the molecule is CC(CNC(C)(C)C)CN1CCCCc2ccccc21. The van der Waals surface area contributed by atoms with Gasteiger partial charge in [-0.2, -0.15) is 0 Å². The Morgan fingerprint density at radius 3 is 2.70 bits per heavy atom. The first-order valence-corrected chi connectivity index (χ1v) is 8.03. The molecular formula is C18H30N2. The third-order valence-corrected chi connectivity index (χ3v) is 3.97. The molecule has 2 heteroatoms. The summed E-state index contributed by atoms with van der Waals surface area (Å²) in [6, 6.07) is 8.94. The maximum Gasteiger partial charge on any atom is 0.0398 e. The van der Waals surface area contributed by atoms with Gasteiger partial charge in [-0.05, 0) is 64.1 Å². The molecule has 0 aliphatic carbocycles. The zero-order valence-electron chi connectivity index (χ0n) is 13.6. The minimum absolute atomic E-state index is 0.213. The summed E-state index contributed by atoms with van der Waals surface area (Å²) in [6.07, 6.45) is 3.87. The van der Waals surface area contributed by atoms with E-state index in [9.17, 15) is 0 Å². The predicted molar refractivity (Wildman–Crippen MR) is 88.5 cm³/mol. The van der Waals surface area contributed by atoms with Crippen molar-refractivity contribution in [2.45, 2.75) is 52.5 Å². The number of hydrogen-bond acceptors (Lipinski definition) is 2. The third-order valence-electron chi connectivity index (χ3n) is 3.97. The van der Waals surface area contributed by atoms with E-state index in [4.69, 9.17) is 0 Å². The van der Waals surface area contributed by atoms with Gasteiger partial charge in [-0.3, -0.25) is 0 Å². The fraction of sp³-hybridized carbons (Fsp3) is 0.667. The standard InChI is InChI=1S/C18H30N2/c1-15(13-19-18(2,3)4)14-20-12-8-7-10-16-9-5-6-11-17(16)20/h5-6,9,11,15,19H,7-8,10,12-14H2,1-4H3. The van der Waals surface area contributed by atoms with E-state index in [-0.39, 0.29) is 5.54 Å². The van der Waals surface area contributed by atoms with Gasteiger partial charge in [-0.1, -0.05) is 25.1 Å². The van der Waals surface area contributed by atoms with Crippen LogP contribution < -0.4 is 10.2 Å². The van der Waals surface area contributed by atoms with Crippen LogP contribution in [0, 0.1) is 5.92 Å². The molecule has 112 valence electrons. The van der Waals surface area contributed by atoms with Gasteiger partial charge in [0.2, 0.25) is 0 Å². The average molecular weight is 274 g/mol. The Kier molecular flexibility index (Phi) is 5.09. The van der Waals surface area contributed by atoms with E-state index in [0.717, 1.165) is 13.1 Å². The summed E-state index contributed by atoms with van der Waals surface area (Å²) < 4.78 is 0. The highest BCUT2D eigenvalue weighted by molar-refractivity contribution is 5.54. The summed E-state index contributed by atoms with van der Waals surface area (Å²) in [5.74, 6) is 0.667. The van der Waals surface area contributed by atoms with Crippen LogP contribution >= 0.6 is 0 Å². The van der Waals surface area contributed by atoms with E-state index >= 15 is 0 Å². The fourth-order valence-corrected chi connectivity index (χ4v) is 2.88. The minimum atomic E-state index is 0.213. The zero-order chi connectivity index (χ0) is 14.6. The topological polar surface area (TPSA) is 15.3 Å². The van der Waals surface area contributed by atoms with E-state index in [1.165, 1.54) is 37.1 Å². The molecule has 2 nitrogen and oxygen atoms in total. The molecule has 1 aromatic carbocycles. The van der Waals surface area contributed by atoms with E-state index in [1.807, 2.05) is 0 Å². The van der Waals surface area contributed by atoms with Crippen molar-refractivity contribution in [2.24, 2.45) is 5.92 Å². The fourth-order valence-electron chi connectivity index (χ4n) is 2.88. The number of nitrogens with one attached hydrogen (secondary N) is 1. The Bertz CT molecular complexity index is 420. The first kappa shape index (κ1) is 15.4. The molecule has 0 amide bonds. The van der Waals surface area contributed by atoms with E-state index < -0.39 is 0 Å². The van der Waals surface area contributed by atoms with Crippen molar-refractivity contribution in [1.82, 2.24) is 5.32 Å². The van der Waals surface area contributed by atoms with Crippen molar-refractivity contribution < 1.29 is 0 Å². The molecule has 1 aliphatic rings. The van der Waals surface area contributed by atoms with Crippen molar-refractivity contribution in [2.75, 3.05) is 24.5 Å². The lowest BCUT2D eigenvalue weighted by atomic mass is 10.1. The van der Waals surface area contributed by atoms with Crippen LogP contribution in [0.4, 0.5) is 5.69 Å². The molecule has 0 saturated carbocycles. The molecule has 0 saturated heterocycles. The molecule has 20 heavy (non-hydrogen) atoms. The van der Waals surface area contributed by atoms with Gasteiger partial charge >= 0.3 is 0 Å². The largest absolute Gasteiger partial charge is 0.371 e. The van der Waals surface area contributed by atoms with E-state index in [0.29, 0.717) is 5.92 Å². The van der Waals surface area contributed by atoms with Crippen LogP contribution in [0.2, 0.25) is 0 Å². The van der Waals surface area contributed by atoms with Gasteiger partial charge in [0.15, 0.2) is 0 Å². The first-order valence-electron chi connectivity index (χ1n) is 8.03. The van der Waals surface area contributed by atoms with Crippen LogP contribution in [0.5, 0.6) is 0 Å². The Morgan fingerprint density at radius 1 is 1.20 bits per heavy atom. The molecule has 1 N–H and O–H groups in total. The molecular weight excluding hydrogens is 244 g/mol. The van der Waals surface area contributed by atoms with Crippen LogP contribution in [0.1, 0.15) is 46.1 Å². The number of rotatable bonds is 4. The highest BCUT2D eigenvalue weighted by Crippen LogP contribution is 2.26. The smallest absolute Gasteiger partial charge is 0.0398 e. The molecule has 1 unspecified atom stereocenters. The number of nitrogens with zero attached hydrogens (tertiary/aromatic N) is 1. The molecule has 1 aliphatic heterocycles. The van der Waals surface area contributed by atoms with Crippen molar-refractivity contribution >= 4 is 5.69 Å². The van der Waals surface area contributed by atoms with Gasteiger partial charge in [-0.25, -0.2) is 0 Å². The quantitative estimate of drug-likeness (QED) is 0.897. The van der Waals surface area contributed by atoms with Crippen molar-refractivity contribution in [3.63, 3.8) is 0 Å². The van der Waals surface area contributed by atoms with Crippen molar-refractivity contribution in [3.8, 4) is 0 Å². The van der Waals surface area contributed by atoms with Crippen LogP contribution in [0.15, 0.2) is 24.3 Å². The normalized spacial score (nSPS) is 17.5. The number of hydrogen-bond donors (Lipinski definition) is 1. The summed E-state index contributed by atoms with van der Waals surface area (Å²) in [5, 5.41) is 3.62. The molecule has 1 aromatic rings. The van der Waals surface area contributed by atoms with E-state index in [1.54, 1.807) is 0 Å². The summed E-state index contributed by atoms with van der Waals surface area (Å²) >= 11 is 0. The van der Waals surface area contributed by atoms with Gasteiger partial charge in [0.25, 0.3) is 0 Å². The lowest BCUT2D eigenvalue weighted by molar-refractivity contribution is 0.381. The first-order chi connectivity index (χ1) is 9.46. The second-order valence-electron chi connectivity index (χ2n) is 7.27. The molecule has 0 spiro atoms. The lowest BCUT2D eigenvalue weighted by Crippen LogP contribution is -2.41. The maximum atomic E-state index is 3.62. The second kappa shape index (κ2) is 6.62. The number of benzene rings is 1. The van der Waals surface area contributed by atoms with Crippen molar-refractivity contribution in [3.05, 3.63) is 29.8 Å². The van der Waals surface area contributed by atoms with Gasteiger partial charge < -0.3 is 10.2 Å². The molecule has 0 fully saturated rings. The summed E-state index contributed by atoms with van der Waals surface area (Å²) in [5.41, 5.74) is 3.21. The summed E-state index contributed by atoms with van der Waals surface area (Å²) in [4.78, 5) is 2.59. The number of para-hydroxylation sites is 1. The van der Waals surface area contributed by atoms with Crippen molar-refractivity contribution in [1.29, 1.82) is 0 Å². The second-order valence-corrected chi connectivity index (χ2v) is 7.27. The van der Waals surface area contributed by atoms with Gasteiger partial charge in [0.05, 0.1) is 0 Å². The third kappa shape index (κ3) is 4.52. The molecule has 0 radical (unpaired) electrons. The number of anilines is 1. The minimum Gasteiger partial charge on any atom is -0.371 e. The number of fused-ring (bicyclic) bond motifs is 1. The van der Waals surface area contributed by atoms with Gasteiger partial charge in [-0.15, -0.1) is 0 Å². The molecule has 1 atom stereocenters. The number of aryl methyl sites for hydroxylation is 1. The Balaban J connectivity index is 1.98. The Morgan fingerprint density at radius 2 is 1.95 bits per heavy atom. The lowest BCUT2D eigenvalue weighted by Gasteiger charge is -2.30. The van der Waals surface area contributed by atoms with E-state index in [2.05, 4.69) is 62.2 Å². The summed E-state index contributed by atoms with van der Waals surface area (Å²) in [6.45, 7) is 12.5. The molecule has 1 heterocycles. The highest BCUT2D eigenvalue weighted by Gasteiger charge is 2.18.